The molecule has 4 rings (SSSR count). The van der Waals surface area contributed by atoms with E-state index in [1.807, 2.05) is 74.2 Å². The smallest absolute Gasteiger partial charge is 0.232 e. The number of nitrogens with zero attached hydrogens (tertiary/aromatic N) is 1. The molecule has 0 aliphatic carbocycles. The lowest BCUT2D eigenvalue weighted by atomic mass is 9.94. The van der Waals surface area contributed by atoms with Crippen LogP contribution in [0.25, 0.3) is 10.8 Å². The van der Waals surface area contributed by atoms with E-state index >= 15 is 0 Å². The van der Waals surface area contributed by atoms with Crippen LogP contribution in [0.3, 0.4) is 0 Å². The zero-order valence-corrected chi connectivity index (χ0v) is 17.2. The number of nitrogens with one attached hydrogen (secondary N) is 1. The summed E-state index contributed by atoms with van der Waals surface area (Å²) in [7, 11) is 0. The van der Waals surface area contributed by atoms with Crippen LogP contribution >= 0.6 is 0 Å². The molecule has 1 aliphatic rings. The molecule has 0 saturated carbocycles. The third-order valence-corrected chi connectivity index (χ3v) is 5.38. The van der Waals surface area contributed by atoms with Gasteiger partial charge in [0, 0.05) is 23.3 Å². The van der Waals surface area contributed by atoms with Gasteiger partial charge in [-0.25, -0.2) is 0 Å². The van der Waals surface area contributed by atoms with Crippen molar-refractivity contribution in [1.29, 1.82) is 0 Å². The fourth-order valence-corrected chi connectivity index (χ4v) is 3.92. The molecule has 0 saturated heterocycles. The van der Waals surface area contributed by atoms with Crippen LogP contribution < -0.4 is 10.2 Å². The SMILES string of the molecule is CC(C)(C)C(=O)N1CCc2cc(NC(=O)Cc3cccc4ccccc34)ccc21. The van der Waals surface area contributed by atoms with Crippen LogP contribution in [0.4, 0.5) is 11.4 Å². The normalized spacial score (nSPS) is 13.4. The maximum atomic E-state index is 12.7. The monoisotopic (exact) mass is 386 g/mol. The van der Waals surface area contributed by atoms with E-state index in [1.165, 1.54) is 0 Å². The molecule has 1 heterocycles. The third kappa shape index (κ3) is 3.88. The van der Waals surface area contributed by atoms with Crippen molar-refractivity contribution in [2.75, 3.05) is 16.8 Å². The Morgan fingerprint density at radius 2 is 1.76 bits per heavy atom. The van der Waals surface area contributed by atoms with Crippen LogP contribution in [0.15, 0.2) is 60.7 Å². The molecule has 0 spiro atoms. The van der Waals surface area contributed by atoms with Gasteiger partial charge in [0.25, 0.3) is 0 Å². The van der Waals surface area contributed by atoms with Crippen molar-refractivity contribution >= 4 is 34.0 Å². The van der Waals surface area contributed by atoms with Crippen molar-refractivity contribution in [3.05, 3.63) is 71.8 Å². The van der Waals surface area contributed by atoms with Crippen molar-refractivity contribution < 1.29 is 9.59 Å². The van der Waals surface area contributed by atoms with Gasteiger partial charge in [0.05, 0.1) is 6.42 Å². The summed E-state index contributed by atoms with van der Waals surface area (Å²) < 4.78 is 0. The topological polar surface area (TPSA) is 49.4 Å². The molecule has 4 nitrogen and oxygen atoms in total. The van der Waals surface area contributed by atoms with Gasteiger partial charge in [-0.1, -0.05) is 63.2 Å². The van der Waals surface area contributed by atoms with Crippen LogP contribution in [0.5, 0.6) is 0 Å². The number of carbonyl (C=O) groups is 2. The van der Waals surface area contributed by atoms with Gasteiger partial charge < -0.3 is 10.2 Å². The van der Waals surface area contributed by atoms with Crippen molar-refractivity contribution in [2.24, 2.45) is 5.41 Å². The minimum absolute atomic E-state index is 0.0399. The number of fused-ring (bicyclic) bond motifs is 2. The predicted molar refractivity (Wildman–Crippen MR) is 118 cm³/mol. The van der Waals surface area contributed by atoms with Crippen molar-refractivity contribution in [3.8, 4) is 0 Å². The summed E-state index contributed by atoms with van der Waals surface area (Å²) in [4.78, 5) is 27.2. The Hall–Kier alpha value is -3.14. The number of benzene rings is 3. The molecule has 1 aliphatic heterocycles. The first-order valence-corrected chi connectivity index (χ1v) is 10.0. The summed E-state index contributed by atoms with van der Waals surface area (Å²) in [5.74, 6) is 0.0888. The van der Waals surface area contributed by atoms with Gasteiger partial charge in [0.2, 0.25) is 11.8 Å². The van der Waals surface area contributed by atoms with Gasteiger partial charge in [-0.3, -0.25) is 9.59 Å². The number of hydrogen-bond donors (Lipinski definition) is 1. The fourth-order valence-electron chi connectivity index (χ4n) is 3.92. The van der Waals surface area contributed by atoms with E-state index in [1.54, 1.807) is 0 Å². The highest BCUT2D eigenvalue weighted by atomic mass is 16.2. The third-order valence-electron chi connectivity index (χ3n) is 5.38. The Bertz CT molecular complexity index is 1090. The number of anilines is 2. The zero-order valence-electron chi connectivity index (χ0n) is 17.2. The summed E-state index contributed by atoms with van der Waals surface area (Å²) in [6.45, 7) is 6.51. The molecule has 0 unspecified atom stereocenters. The summed E-state index contributed by atoms with van der Waals surface area (Å²) >= 11 is 0. The molecule has 0 bridgehead atoms. The molecule has 0 atom stereocenters. The minimum Gasteiger partial charge on any atom is -0.326 e. The highest BCUT2D eigenvalue weighted by Crippen LogP contribution is 2.33. The molecule has 2 amide bonds. The highest BCUT2D eigenvalue weighted by molar-refractivity contribution is 6.00. The first kappa shape index (κ1) is 19.2. The molecule has 29 heavy (non-hydrogen) atoms. The molecule has 148 valence electrons. The molecule has 0 aromatic heterocycles. The molecular formula is C25H26N2O2. The first-order valence-electron chi connectivity index (χ1n) is 10.0. The summed E-state index contributed by atoms with van der Waals surface area (Å²) in [5.41, 5.74) is 3.44. The first-order chi connectivity index (χ1) is 13.8. The number of hydrogen-bond acceptors (Lipinski definition) is 2. The molecule has 0 fully saturated rings. The van der Waals surface area contributed by atoms with Crippen LogP contribution in [-0.2, 0) is 22.4 Å². The Kier molecular flexibility index (Phi) is 4.87. The minimum atomic E-state index is -0.410. The molecule has 3 aromatic carbocycles. The second kappa shape index (κ2) is 7.36. The quantitative estimate of drug-likeness (QED) is 0.692. The second-order valence-corrected chi connectivity index (χ2v) is 8.66. The zero-order chi connectivity index (χ0) is 20.6. The molecule has 1 N–H and O–H groups in total. The van der Waals surface area contributed by atoms with E-state index in [-0.39, 0.29) is 11.8 Å². The van der Waals surface area contributed by atoms with E-state index in [0.29, 0.717) is 13.0 Å². The Balaban J connectivity index is 1.49. The molecular weight excluding hydrogens is 360 g/mol. The average Bonchev–Trinajstić information content (AvgIpc) is 3.10. The number of rotatable bonds is 3. The van der Waals surface area contributed by atoms with Crippen LogP contribution in [-0.4, -0.2) is 18.4 Å². The van der Waals surface area contributed by atoms with Gasteiger partial charge in [0.1, 0.15) is 0 Å². The lowest BCUT2D eigenvalue weighted by Gasteiger charge is -2.26. The van der Waals surface area contributed by atoms with Gasteiger partial charge in [-0.2, -0.15) is 0 Å². The van der Waals surface area contributed by atoms with Gasteiger partial charge in [-0.05, 0) is 46.5 Å². The van der Waals surface area contributed by atoms with Crippen LogP contribution in [0.2, 0.25) is 0 Å². The molecule has 3 aromatic rings. The summed E-state index contributed by atoms with van der Waals surface area (Å²) in [5, 5.41) is 5.26. The molecule has 4 heteroatoms. The standard InChI is InChI=1S/C25H26N2O2/c1-25(2,3)24(29)27-14-13-19-15-20(11-12-22(19)27)26-23(28)16-18-9-6-8-17-7-4-5-10-21(17)18/h4-12,15H,13-14,16H2,1-3H3,(H,26,28). The summed E-state index contributed by atoms with van der Waals surface area (Å²) in [6, 6.07) is 20.0. The lowest BCUT2D eigenvalue weighted by Crippen LogP contribution is -2.38. The number of amides is 2. The Labute approximate surface area is 171 Å². The van der Waals surface area contributed by atoms with Crippen LogP contribution in [0.1, 0.15) is 31.9 Å². The van der Waals surface area contributed by atoms with E-state index in [9.17, 15) is 9.59 Å². The van der Waals surface area contributed by atoms with Crippen molar-refractivity contribution in [3.63, 3.8) is 0 Å². The predicted octanol–water partition coefficient (Wildman–Crippen LogP) is 4.96. The highest BCUT2D eigenvalue weighted by Gasteiger charge is 2.32. The van der Waals surface area contributed by atoms with E-state index in [0.717, 1.165) is 39.7 Å². The lowest BCUT2D eigenvalue weighted by molar-refractivity contribution is -0.125. The van der Waals surface area contributed by atoms with Gasteiger partial charge in [0.15, 0.2) is 0 Å². The molecule has 0 radical (unpaired) electrons. The van der Waals surface area contributed by atoms with Crippen molar-refractivity contribution in [1.82, 2.24) is 0 Å². The van der Waals surface area contributed by atoms with E-state index in [4.69, 9.17) is 0 Å². The number of carbonyl (C=O) groups excluding carboxylic acids is 2. The van der Waals surface area contributed by atoms with Crippen LogP contribution in [0, 0.1) is 5.41 Å². The summed E-state index contributed by atoms with van der Waals surface area (Å²) in [6.07, 6.45) is 1.14. The van der Waals surface area contributed by atoms with Gasteiger partial charge in [-0.15, -0.1) is 0 Å². The maximum Gasteiger partial charge on any atom is 0.232 e. The Morgan fingerprint density at radius 1 is 1.00 bits per heavy atom. The largest absolute Gasteiger partial charge is 0.326 e. The van der Waals surface area contributed by atoms with E-state index < -0.39 is 5.41 Å². The van der Waals surface area contributed by atoms with Gasteiger partial charge >= 0.3 is 0 Å². The maximum absolute atomic E-state index is 12.7. The fraction of sp³-hybridized carbons (Fsp3) is 0.280. The second-order valence-electron chi connectivity index (χ2n) is 8.66. The van der Waals surface area contributed by atoms with Crippen molar-refractivity contribution in [2.45, 2.75) is 33.6 Å². The van der Waals surface area contributed by atoms with E-state index in [2.05, 4.69) is 17.4 Å². The Morgan fingerprint density at radius 3 is 2.55 bits per heavy atom. The average molecular weight is 386 g/mol.